The highest BCUT2D eigenvalue weighted by Crippen LogP contribution is 2.33. The first-order chi connectivity index (χ1) is 10.2. The van der Waals surface area contributed by atoms with Crippen molar-refractivity contribution in [3.05, 3.63) is 65.5 Å². The average molecular weight is 283 g/mol. The first-order valence-corrected chi connectivity index (χ1v) is 7.26. The largest absolute Gasteiger partial charge is 0.370 e. The Hall–Kier alpha value is -2.16. The summed E-state index contributed by atoms with van der Waals surface area (Å²) >= 11 is 0. The van der Waals surface area contributed by atoms with Crippen LogP contribution in [0.5, 0.6) is 0 Å². The Balaban J connectivity index is 1.87. The molecular formula is C18H18FNO. The van der Waals surface area contributed by atoms with Crippen molar-refractivity contribution >= 4 is 11.5 Å². The van der Waals surface area contributed by atoms with Gasteiger partial charge >= 0.3 is 0 Å². The van der Waals surface area contributed by atoms with Crippen molar-refractivity contribution in [2.45, 2.75) is 19.3 Å². The van der Waals surface area contributed by atoms with Crippen LogP contribution in [0.2, 0.25) is 0 Å². The van der Waals surface area contributed by atoms with Gasteiger partial charge in [0.25, 0.3) is 0 Å². The molecule has 21 heavy (non-hydrogen) atoms. The monoisotopic (exact) mass is 283 g/mol. The van der Waals surface area contributed by atoms with Gasteiger partial charge in [0.05, 0.1) is 11.3 Å². The van der Waals surface area contributed by atoms with Gasteiger partial charge in [-0.3, -0.25) is 4.79 Å². The molecule has 1 unspecified atom stereocenters. The second-order valence-electron chi connectivity index (χ2n) is 5.53. The molecule has 1 aliphatic rings. The number of rotatable bonds is 3. The van der Waals surface area contributed by atoms with Gasteiger partial charge in [0.15, 0.2) is 5.78 Å². The second-order valence-corrected chi connectivity index (χ2v) is 5.53. The van der Waals surface area contributed by atoms with Crippen LogP contribution < -0.4 is 4.90 Å². The third-order valence-electron chi connectivity index (χ3n) is 4.14. The first-order valence-electron chi connectivity index (χ1n) is 7.26. The van der Waals surface area contributed by atoms with Crippen LogP contribution in [0.15, 0.2) is 48.5 Å². The zero-order valence-electron chi connectivity index (χ0n) is 12.1. The van der Waals surface area contributed by atoms with E-state index in [9.17, 15) is 9.18 Å². The molecule has 0 bridgehead atoms. The standard InChI is InChI=1S/C18H18FNO/c1-13(21)18-16(19)8-5-9-17(18)20-11-10-15(12-20)14-6-3-2-4-7-14/h2-9,15H,10-12H2,1H3. The highest BCUT2D eigenvalue weighted by Gasteiger charge is 2.27. The molecule has 1 atom stereocenters. The zero-order valence-corrected chi connectivity index (χ0v) is 12.1. The fourth-order valence-electron chi connectivity index (χ4n) is 3.10. The molecule has 1 fully saturated rings. The fraction of sp³-hybridized carbons (Fsp3) is 0.278. The molecule has 0 saturated carbocycles. The van der Waals surface area contributed by atoms with E-state index in [1.54, 1.807) is 6.07 Å². The summed E-state index contributed by atoms with van der Waals surface area (Å²) in [7, 11) is 0. The highest BCUT2D eigenvalue weighted by atomic mass is 19.1. The average Bonchev–Trinajstić information content (AvgIpc) is 2.97. The predicted molar refractivity (Wildman–Crippen MR) is 82.4 cm³/mol. The molecule has 0 radical (unpaired) electrons. The minimum Gasteiger partial charge on any atom is -0.370 e. The summed E-state index contributed by atoms with van der Waals surface area (Å²) in [4.78, 5) is 13.9. The van der Waals surface area contributed by atoms with Crippen LogP contribution >= 0.6 is 0 Å². The van der Waals surface area contributed by atoms with Crippen LogP contribution in [0.4, 0.5) is 10.1 Å². The number of carbonyl (C=O) groups is 1. The molecule has 2 nitrogen and oxygen atoms in total. The predicted octanol–water partition coefficient (Wildman–Crippen LogP) is 4.02. The van der Waals surface area contributed by atoms with E-state index >= 15 is 0 Å². The van der Waals surface area contributed by atoms with Crippen LogP contribution in [0.1, 0.15) is 35.2 Å². The number of hydrogen-bond acceptors (Lipinski definition) is 2. The van der Waals surface area contributed by atoms with Gasteiger partial charge in [-0.15, -0.1) is 0 Å². The maximum Gasteiger partial charge on any atom is 0.164 e. The summed E-state index contributed by atoms with van der Waals surface area (Å²) in [5.74, 6) is -0.205. The van der Waals surface area contributed by atoms with Crippen LogP contribution in [-0.2, 0) is 0 Å². The van der Waals surface area contributed by atoms with Gasteiger partial charge < -0.3 is 4.90 Å². The quantitative estimate of drug-likeness (QED) is 0.793. The van der Waals surface area contributed by atoms with Crippen LogP contribution in [0.25, 0.3) is 0 Å². The Labute approximate surface area is 124 Å². The Morgan fingerprint density at radius 2 is 1.90 bits per heavy atom. The second kappa shape index (κ2) is 5.68. The minimum atomic E-state index is -0.428. The van der Waals surface area contributed by atoms with E-state index in [1.165, 1.54) is 18.6 Å². The van der Waals surface area contributed by atoms with E-state index < -0.39 is 5.82 Å². The maximum absolute atomic E-state index is 13.9. The molecule has 2 aromatic carbocycles. The lowest BCUT2D eigenvalue weighted by Gasteiger charge is -2.21. The molecule has 0 amide bonds. The summed E-state index contributed by atoms with van der Waals surface area (Å²) in [6.45, 7) is 3.10. The number of nitrogens with zero attached hydrogens (tertiary/aromatic N) is 1. The molecule has 0 aliphatic carbocycles. The van der Waals surface area contributed by atoms with Crippen molar-refractivity contribution in [3.8, 4) is 0 Å². The van der Waals surface area contributed by atoms with E-state index in [4.69, 9.17) is 0 Å². The molecule has 1 heterocycles. The lowest BCUT2D eigenvalue weighted by molar-refractivity contribution is 0.101. The molecule has 3 heteroatoms. The van der Waals surface area contributed by atoms with E-state index in [0.717, 1.165) is 25.2 Å². The number of hydrogen-bond donors (Lipinski definition) is 0. The molecule has 1 aliphatic heterocycles. The summed E-state index contributed by atoms with van der Waals surface area (Å²) in [5, 5.41) is 0. The normalized spacial score (nSPS) is 18.0. The van der Waals surface area contributed by atoms with E-state index in [0.29, 0.717) is 5.92 Å². The molecule has 0 aromatic heterocycles. The number of benzene rings is 2. The highest BCUT2D eigenvalue weighted by molar-refractivity contribution is 6.00. The van der Waals surface area contributed by atoms with E-state index in [2.05, 4.69) is 17.0 Å². The summed E-state index contributed by atoms with van der Waals surface area (Å²) in [5.41, 5.74) is 2.24. The first kappa shape index (κ1) is 13.8. The zero-order chi connectivity index (χ0) is 14.8. The smallest absolute Gasteiger partial charge is 0.164 e. The number of ketones is 1. The van der Waals surface area contributed by atoms with Crippen LogP contribution in [0, 0.1) is 5.82 Å². The van der Waals surface area contributed by atoms with Crippen molar-refractivity contribution in [1.29, 1.82) is 0 Å². The van der Waals surface area contributed by atoms with Crippen molar-refractivity contribution in [1.82, 2.24) is 0 Å². The molecule has 0 spiro atoms. The van der Waals surface area contributed by atoms with E-state index in [-0.39, 0.29) is 11.3 Å². The number of halogens is 1. The Kier molecular flexibility index (Phi) is 3.74. The third-order valence-corrected chi connectivity index (χ3v) is 4.14. The van der Waals surface area contributed by atoms with E-state index in [1.807, 2.05) is 24.3 Å². The van der Waals surface area contributed by atoms with Crippen molar-refractivity contribution in [3.63, 3.8) is 0 Å². The van der Waals surface area contributed by atoms with Gasteiger partial charge in [-0.2, -0.15) is 0 Å². The van der Waals surface area contributed by atoms with Gasteiger partial charge in [-0.1, -0.05) is 36.4 Å². The fourth-order valence-corrected chi connectivity index (χ4v) is 3.10. The lowest BCUT2D eigenvalue weighted by Crippen LogP contribution is -2.22. The number of carbonyl (C=O) groups excluding carboxylic acids is 1. The van der Waals surface area contributed by atoms with Gasteiger partial charge in [0, 0.05) is 19.0 Å². The third kappa shape index (κ3) is 2.68. The molecular weight excluding hydrogens is 265 g/mol. The molecule has 2 aromatic rings. The van der Waals surface area contributed by atoms with Crippen molar-refractivity contribution in [2.24, 2.45) is 0 Å². The molecule has 108 valence electrons. The van der Waals surface area contributed by atoms with Crippen molar-refractivity contribution in [2.75, 3.05) is 18.0 Å². The van der Waals surface area contributed by atoms with Gasteiger partial charge in [0.1, 0.15) is 5.82 Å². The maximum atomic E-state index is 13.9. The Morgan fingerprint density at radius 1 is 1.14 bits per heavy atom. The topological polar surface area (TPSA) is 20.3 Å². The van der Waals surface area contributed by atoms with Gasteiger partial charge in [0.2, 0.25) is 0 Å². The van der Waals surface area contributed by atoms with Crippen LogP contribution in [0.3, 0.4) is 0 Å². The lowest BCUT2D eigenvalue weighted by atomic mass is 9.99. The number of Topliss-reactive ketones (excluding diaryl/α,β-unsaturated/α-hetero) is 1. The van der Waals surface area contributed by atoms with Gasteiger partial charge in [-0.25, -0.2) is 4.39 Å². The Morgan fingerprint density at radius 3 is 2.62 bits per heavy atom. The number of anilines is 1. The minimum absolute atomic E-state index is 0.214. The molecule has 0 N–H and O–H groups in total. The molecule has 1 saturated heterocycles. The van der Waals surface area contributed by atoms with Crippen LogP contribution in [-0.4, -0.2) is 18.9 Å². The summed E-state index contributed by atoms with van der Waals surface area (Å²) in [6.07, 6.45) is 1.03. The van der Waals surface area contributed by atoms with Gasteiger partial charge in [-0.05, 0) is 31.0 Å². The summed E-state index contributed by atoms with van der Waals surface area (Å²) in [6, 6.07) is 15.2. The molecule has 3 rings (SSSR count). The van der Waals surface area contributed by atoms with Crippen molar-refractivity contribution < 1.29 is 9.18 Å². The summed E-state index contributed by atoms with van der Waals surface area (Å²) < 4.78 is 13.9. The SMILES string of the molecule is CC(=O)c1c(F)cccc1N1CCC(c2ccccc2)C1. The Bertz CT molecular complexity index is 654.